The van der Waals surface area contributed by atoms with E-state index >= 15 is 0 Å². The summed E-state index contributed by atoms with van der Waals surface area (Å²) in [6.07, 6.45) is -3.63. The van der Waals surface area contributed by atoms with Gasteiger partial charge in [0.25, 0.3) is 11.6 Å². The van der Waals surface area contributed by atoms with Crippen molar-refractivity contribution >= 4 is 23.2 Å². The van der Waals surface area contributed by atoms with Crippen LogP contribution in [0.5, 0.6) is 0 Å². The highest BCUT2D eigenvalue weighted by molar-refractivity contribution is 5.96. The monoisotopic (exact) mass is 442 g/mol. The molecule has 1 saturated heterocycles. The fourth-order valence-electron chi connectivity index (χ4n) is 4.23. The van der Waals surface area contributed by atoms with E-state index < -0.39 is 29.0 Å². The van der Waals surface area contributed by atoms with Crippen molar-refractivity contribution in [1.29, 1.82) is 0 Å². The molecule has 1 N–H and O–H groups in total. The molecule has 8 nitrogen and oxygen atoms in total. The number of rotatable bonds is 4. The number of nitro groups is 1. The fraction of sp³-hybridized carbons (Fsp3) is 0.600. The van der Waals surface area contributed by atoms with Gasteiger partial charge in [-0.25, -0.2) is 0 Å². The second-order valence-corrected chi connectivity index (χ2v) is 8.03. The molecule has 1 aliphatic heterocycles. The number of nitrogens with one attached hydrogen (secondary N) is 1. The van der Waals surface area contributed by atoms with Gasteiger partial charge in [0.15, 0.2) is 0 Å². The Balaban J connectivity index is 1.71. The van der Waals surface area contributed by atoms with Gasteiger partial charge in [0, 0.05) is 50.8 Å². The van der Waals surface area contributed by atoms with E-state index in [2.05, 4.69) is 5.32 Å². The van der Waals surface area contributed by atoms with Crippen LogP contribution >= 0.6 is 0 Å². The molecule has 1 saturated carbocycles. The molecule has 2 amide bonds. The number of alkyl halides is 3. The summed E-state index contributed by atoms with van der Waals surface area (Å²) in [5, 5.41) is 14.2. The lowest BCUT2D eigenvalue weighted by Gasteiger charge is -2.35. The number of piperazine rings is 1. The highest BCUT2D eigenvalue weighted by atomic mass is 19.4. The van der Waals surface area contributed by atoms with Crippen LogP contribution < -0.4 is 10.2 Å². The standard InChI is InChI=1S/C20H25F3N4O4/c1-13(28)25-7-9-26(10-8-25)17-6-5-14(11-18(17)27(30)31)19(29)24-16-4-2-3-15(12-16)20(21,22)23/h5-6,11,15-16H,2-4,7-10,12H2,1H3,(H,24,29)/t15-,16-/m0/s1. The van der Waals surface area contributed by atoms with Gasteiger partial charge in [-0.3, -0.25) is 19.7 Å². The van der Waals surface area contributed by atoms with Crippen LogP contribution in [0.2, 0.25) is 0 Å². The summed E-state index contributed by atoms with van der Waals surface area (Å²) in [5.41, 5.74) is 0.132. The van der Waals surface area contributed by atoms with Gasteiger partial charge in [-0.2, -0.15) is 13.2 Å². The second kappa shape index (κ2) is 9.11. The van der Waals surface area contributed by atoms with Crippen molar-refractivity contribution in [3.8, 4) is 0 Å². The number of nitrogens with zero attached hydrogens (tertiary/aromatic N) is 3. The summed E-state index contributed by atoms with van der Waals surface area (Å²) in [7, 11) is 0. The summed E-state index contributed by atoms with van der Waals surface area (Å²) < 4.78 is 39.0. The van der Waals surface area contributed by atoms with E-state index in [9.17, 15) is 32.9 Å². The Morgan fingerprint density at radius 3 is 2.42 bits per heavy atom. The van der Waals surface area contributed by atoms with E-state index in [-0.39, 0.29) is 30.0 Å². The lowest BCUT2D eigenvalue weighted by Crippen LogP contribution is -2.48. The molecule has 1 aromatic rings. The number of nitro benzene ring substituents is 1. The maximum Gasteiger partial charge on any atom is 0.391 e. The molecule has 3 rings (SSSR count). The lowest BCUT2D eigenvalue weighted by molar-refractivity contribution is -0.384. The van der Waals surface area contributed by atoms with Crippen LogP contribution in [0.1, 0.15) is 43.0 Å². The molecule has 11 heteroatoms. The van der Waals surface area contributed by atoms with Crippen molar-refractivity contribution in [3.63, 3.8) is 0 Å². The molecule has 1 heterocycles. The average molecular weight is 442 g/mol. The molecule has 2 fully saturated rings. The summed E-state index contributed by atoms with van der Waals surface area (Å²) in [5.74, 6) is -2.13. The topological polar surface area (TPSA) is 95.8 Å². The number of hydrogen-bond acceptors (Lipinski definition) is 5. The molecule has 0 radical (unpaired) electrons. The van der Waals surface area contributed by atoms with E-state index in [1.165, 1.54) is 19.1 Å². The Kier molecular flexibility index (Phi) is 6.71. The summed E-state index contributed by atoms with van der Waals surface area (Å²) in [6, 6.07) is 3.47. The number of carbonyl (C=O) groups excluding carboxylic acids is 2. The third kappa shape index (κ3) is 5.45. The molecule has 2 atom stereocenters. The van der Waals surface area contributed by atoms with Crippen LogP contribution in [0.15, 0.2) is 18.2 Å². The molecule has 0 unspecified atom stereocenters. The van der Waals surface area contributed by atoms with Gasteiger partial charge in [-0.05, 0) is 31.4 Å². The largest absolute Gasteiger partial charge is 0.391 e. The Morgan fingerprint density at radius 2 is 1.84 bits per heavy atom. The minimum absolute atomic E-state index is 0.0342. The third-order valence-electron chi connectivity index (χ3n) is 5.97. The molecule has 0 bridgehead atoms. The summed E-state index contributed by atoms with van der Waals surface area (Å²) >= 11 is 0. The number of carbonyl (C=O) groups is 2. The van der Waals surface area contributed by atoms with Crippen LogP contribution in [0, 0.1) is 16.0 Å². The van der Waals surface area contributed by atoms with E-state index in [0.29, 0.717) is 44.7 Å². The highest BCUT2D eigenvalue weighted by Crippen LogP contribution is 2.37. The average Bonchev–Trinajstić information content (AvgIpc) is 2.73. The van der Waals surface area contributed by atoms with Crippen LogP contribution in [0.4, 0.5) is 24.5 Å². The molecular weight excluding hydrogens is 417 g/mol. The van der Waals surface area contributed by atoms with Crippen molar-refractivity contribution in [3.05, 3.63) is 33.9 Å². The molecule has 31 heavy (non-hydrogen) atoms. The maximum atomic E-state index is 13.0. The minimum Gasteiger partial charge on any atom is -0.362 e. The predicted octanol–water partition coefficient (Wildman–Crippen LogP) is 3.11. The zero-order valence-corrected chi connectivity index (χ0v) is 17.2. The molecular formula is C20H25F3N4O4. The van der Waals surface area contributed by atoms with Crippen molar-refractivity contribution < 1.29 is 27.7 Å². The van der Waals surface area contributed by atoms with Crippen molar-refractivity contribution in [2.75, 3.05) is 31.1 Å². The fourth-order valence-corrected chi connectivity index (χ4v) is 4.23. The van der Waals surface area contributed by atoms with Gasteiger partial charge in [0.05, 0.1) is 10.8 Å². The number of amides is 2. The third-order valence-corrected chi connectivity index (χ3v) is 5.97. The van der Waals surface area contributed by atoms with Crippen molar-refractivity contribution in [2.45, 2.75) is 44.8 Å². The Labute approximate surface area is 177 Å². The van der Waals surface area contributed by atoms with Gasteiger partial charge >= 0.3 is 6.18 Å². The first kappa shape index (κ1) is 22.8. The summed E-state index contributed by atoms with van der Waals surface area (Å²) in [6.45, 7) is 3.20. The maximum absolute atomic E-state index is 13.0. The molecule has 2 aliphatic rings. The molecule has 0 spiro atoms. The van der Waals surface area contributed by atoms with E-state index in [1.54, 1.807) is 9.80 Å². The van der Waals surface area contributed by atoms with Gasteiger partial charge in [-0.1, -0.05) is 6.42 Å². The second-order valence-electron chi connectivity index (χ2n) is 8.03. The number of anilines is 1. The zero-order chi connectivity index (χ0) is 22.8. The van der Waals surface area contributed by atoms with Crippen LogP contribution in [0.25, 0.3) is 0 Å². The zero-order valence-electron chi connectivity index (χ0n) is 17.2. The van der Waals surface area contributed by atoms with E-state index in [1.807, 2.05) is 0 Å². The first-order valence-corrected chi connectivity index (χ1v) is 10.2. The van der Waals surface area contributed by atoms with E-state index in [0.717, 1.165) is 6.07 Å². The predicted molar refractivity (Wildman–Crippen MR) is 107 cm³/mol. The quantitative estimate of drug-likeness (QED) is 0.571. The van der Waals surface area contributed by atoms with Gasteiger partial charge in [0.2, 0.25) is 5.91 Å². The van der Waals surface area contributed by atoms with Gasteiger partial charge in [0.1, 0.15) is 5.69 Å². The van der Waals surface area contributed by atoms with Gasteiger partial charge < -0.3 is 15.1 Å². The normalized spacial score (nSPS) is 22.2. The lowest BCUT2D eigenvalue weighted by atomic mass is 9.85. The summed E-state index contributed by atoms with van der Waals surface area (Å²) in [4.78, 5) is 38.5. The van der Waals surface area contributed by atoms with Crippen LogP contribution in [-0.2, 0) is 4.79 Å². The Hall–Kier alpha value is -2.85. The molecule has 170 valence electrons. The Morgan fingerprint density at radius 1 is 1.16 bits per heavy atom. The first-order chi connectivity index (χ1) is 14.6. The van der Waals surface area contributed by atoms with Crippen LogP contribution in [-0.4, -0.2) is 60.0 Å². The van der Waals surface area contributed by atoms with E-state index in [4.69, 9.17) is 0 Å². The number of benzene rings is 1. The minimum atomic E-state index is -4.30. The first-order valence-electron chi connectivity index (χ1n) is 10.2. The SMILES string of the molecule is CC(=O)N1CCN(c2ccc(C(=O)N[C@H]3CCC[C@H](C(F)(F)F)C3)cc2[N+](=O)[O-])CC1. The smallest absolute Gasteiger partial charge is 0.362 e. The number of hydrogen-bond donors (Lipinski definition) is 1. The molecule has 0 aromatic heterocycles. The number of halogens is 3. The molecule has 1 aromatic carbocycles. The van der Waals surface area contributed by atoms with Crippen molar-refractivity contribution in [2.24, 2.45) is 5.92 Å². The highest BCUT2D eigenvalue weighted by Gasteiger charge is 2.42. The van der Waals surface area contributed by atoms with Crippen LogP contribution in [0.3, 0.4) is 0 Å². The van der Waals surface area contributed by atoms with Crippen molar-refractivity contribution in [1.82, 2.24) is 10.2 Å². The Bertz CT molecular complexity index is 853. The molecule has 1 aliphatic carbocycles. The van der Waals surface area contributed by atoms with Gasteiger partial charge in [-0.15, -0.1) is 0 Å².